The Balaban J connectivity index is 1.86. The number of benzene rings is 1. The predicted octanol–water partition coefficient (Wildman–Crippen LogP) is 0.278. The number of carbonyl (C=O) groups is 2. The van der Waals surface area contributed by atoms with E-state index in [9.17, 15) is 9.59 Å². The fourth-order valence-corrected chi connectivity index (χ4v) is 1.44. The van der Waals surface area contributed by atoms with E-state index in [0.717, 1.165) is 5.56 Å². The molecule has 0 saturated carbocycles. The van der Waals surface area contributed by atoms with Gasteiger partial charge in [-0.15, -0.1) is 0 Å². The Morgan fingerprint density at radius 1 is 1.32 bits per heavy atom. The summed E-state index contributed by atoms with van der Waals surface area (Å²) in [5.74, 6) is -0.868. The largest absolute Gasteiger partial charge is 0.460 e. The molecule has 0 bridgehead atoms. The highest BCUT2D eigenvalue weighted by Gasteiger charge is 2.27. The van der Waals surface area contributed by atoms with E-state index in [1.807, 2.05) is 0 Å². The van der Waals surface area contributed by atoms with Crippen LogP contribution in [0.25, 0.3) is 0 Å². The zero-order valence-corrected chi connectivity index (χ0v) is 10.2. The summed E-state index contributed by atoms with van der Waals surface area (Å²) in [6.07, 6.45) is -0.258. The molecule has 1 aliphatic heterocycles. The number of esters is 2. The highest BCUT2D eigenvalue weighted by Crippen LogP contribution is 2.13. The van der Waals surface area contributed by atoms with Crippen LogP contribution in [0.15, 0.2) is 24.3 Å². The van der Waals surface area contributed by atoms with E-state index in [4.69, 9.17) is 19.3 Å². The van der Waals surface area contributed by atoms with Crippen molar-refractivity contribution in [1.82, 2.24) is 0 Å². The van der Waals surface area contributed by atoms with Gasteiger partial charge in [0.05, 0.1) is 18.6 Å². The normalized spacial score (nSPS) is 16.8. The van der Waals surface area contributed by atoms with Crippen molar-refractivity contribution in [1.29, 1.82) is 0 Å². The maximum atomic E-state index is 11.4. The van der Waals surface area contributed by atoms with Crippen molar-refractivity contribution in [3.05, 3.63) is 35.4 Å². The van der Waals surface area contributed by atoms with Crippen molar-refractivity contribution < 1.29 is 28.9 Å². The smallest absolute Gasteiger partial charge is 0.338 e. The Morgan fingerprint density at radius 3 is 2.58 bits per heavy atom. The third kappa shape index (κ3) is 4.35. The van der Waals surface area contributed by atoms with Crippen molar-refractivity contribution >= 4 is 11.9 Å². The van der Waals surface area contributed by atoms with E-state index in [2.05, 4.69) is 0 Å². The van der Waals surface area contributed by atoms with Crippen LogP contribution in [0.4, 0.5) is 0 Å². The van der Waals surface area contributed by atoms with E-state index in [-0.39, 0.29) is 31.9 Å². The Bertz CT molecular complexity index is 449. The van der Waals surface area contributed by atoms with E-state index in [0.29, 0.717) is 12.2 Å². The number of aliphatic hydroxyl groups excluding tert-OH is 1. The minimum Gasteiger partial charge on any atom is -0.460 e. The number of aliphatic hydroxyl groups is 1. The number of ether oxygens (including phenoxy) is 3. The van der Waals surface area contributed by atoms with Crippen LogP contribution in [0, 0.1) is 0 Å². The van der Waals surface area contributed by atoms with Crippen LogP contribution in [-0.4, -0.2) is 43.2 Å². The molecule has 1 N–H and O–H groups in total. The Kier molecular flexibility index (Phi) is 4.48. The summed E-state index contributed by atoms with van der Waals surface area (Å²) >= 11 is 0. The first kappa shape index (κ1) is 13.5. The fourth-order valence-electron chi connectivity index (χ4n) is 1.44. The zero-order chi connectivity index (χ0) is 13.7. The van der Waals surface area contributed by atoms with Crippen molar-refractivity contribution in [3.8, 4) is 0 Å². The second-order valence-corrected chi connectivity index (χ2v) is 3.99. The SMILES string of the molecule is O=C(Cc1ccc(C(=O)OCCO)cc1)OC1CO1. The number of epoxide rings is 1. The van der Waals surface area contributed by atoms with Crippen LogP contribution in [-0.2, 0) is 25.4 Å². The lowest BCUT2D eigenvalue weighted by atomic mass is 10.1. The quantitative estimate of drug-likeness (QED) is 0.588. The lowest BCUT2D eigenvalue weighted by Crippen LogP contribution is -2.11. The highest BCUT2D eigenvalue weighted by molar-refractivity contribution is 5.89. The van der Waals surface area contributed by atoms with E-state index in [1.54, 1.807) is 24.3 Å². The second kappa shape index (κ2) is 6.31. The summed E-state index contributed by atoms with van der Waals surface area (Å²) in [4.78, 5) is 22.9. The molecular formula is C13H14O6. The van der Waals surface area contributed by atoms with Gasteiger partial charge in [-0.2, -0.15) is 0 Å². The van der Waals surface area contributed by atoms with Gasteiger partial charge in [0.1, 0.15) is 13.2 Å². The van der Waals surface area contributed by atoms with Crippen molar-refractivity contribution in [2.24, 2.45) is 0 Å². The van der Waals surface area contributed by atoms with Crippen LogP contribution < -0.4 is 0 Å². The molecule has 1 aliphatic rings. The third-order valence-electron chi connectivity index (χ3n) is 2.43. The number of hydrogen-bond acceptors (Lipinski definition) is 6. The molecule has 19 heavy (non-hydrogen) atoms. The molecule has 1 unspecified atom stereocenters. The average Bonchev–Trinajstić information content (AvgIpc) is 3.20. The zero-order valence-electron chi connectivity index (χ0n) is 10.2. The number of rotatable bonds is 6. The first-order valence-electron chi connectivity index (χ1n) is 5.87. The van der Waals surface area contributed by atoms with Crippen molar-refractivity contribution in [2.45, 2.75) is 12.7 Å². The first-order chi connectivity index (χ1) is 9.19. The molecule has 0 spiro atoms. The molecular weight excluding hydrogens is 252 g/mol. The highest BCUT2D eigenvalue weighted by atomic mass is 16.8. The number of carbonyl (C=O) groups excluding carboxylic acids is 2. The Morgan fingerprint density at radius 2 is 2.00 bits per heavy atom. The first-order valence-corrected chi connectivity index (χ1v) is 5.87. The lowest BCUT2D eigenvalue weighted by Gasteiger charge is -2.04. The lowest BCUT2D eigenvalue weighted by molar-refractivity contribution is -0.147. The molecule has 1 aromatic carbocycles. The van der Waals surface area contributed by atoms with Crippen LogP contribution in [0.3, 0.4) is 0 Å². The molecule has 6 heteroatoms. The van der Waals surface area contributed by atoms with Gasteiger partial charge in [0.25, 0.3) is 0 Å². The molecule has 1 aromatic rings. The molecule has 1 atom stereocenters. The summed E-state index contributed by atoms with van der Waals surface area (Å²) in [5.41, 5.74) is 1.11. The second-order valence-electron chi connectivity index (χ2n) is 3.99. The van der Waals surface area contributed by atoms with Gasteiger partial charge in [-0.3, -0.25) is 4.79 Å². The van der Waals surface area contributed by atoms with Crippen LogP contribution >= 0.6 is 0 Å². The Labute approximate surface area is 109 Å². The minimum absolute atomic E-state index is 0.0334. The topological polar surface area (TPSA) is 85.4 Å². The summed E-state index contributed by atoms with van der Waals surface area (Å²) in [6, 6.07) is 6.45. The molecule has 0 radical (unpaired) electrons. The molecule has 2 rings (SSSR count). The summed E-state index contributed by atoms with van der Waals surface area (Å²) < 4.78 is 14.5. The Hall–Kier alpha value is -1.92. The minimum atomic E-state index is -0.505. The standard InChI is InChI=1S/C13H14O6/c14-5-6-17-13(16)10-3-1-9(2-4-10)7-11(15)19-12-8-18-12/h1-4,12,14H,5-8H2. The fraction of sp³-hybridized carbons (Fsp3) is 0.385. The molecule has 6 nitrogen and oxygen atoms in total. The maximum absolute atomic E-state index is 11.4. The third-order valence-corrected chi connectivity index (χ3v) is 2.43. The summed E-state index contributed by atoms with van der Waals surface area (Å²) in [6.45, 7) is 0.217. The van der Waals surface area contributed by atoms with Gasteiger partial charge in [0, 0.05) is 0 Å². The van der Waals surface area contributed by atoms with Crippen LogP contribution in [0.5, 0.6) is 0 Å². The monoisotopic (exact) mass is 266 g/mol. The van der Waals surface area contributed by atoms with E-state index < -0.39 is 5.97 Å². The molecule has 1 fully saturated rings. The van der Waals surface area contributed by atoms with Gasteiger partial charge < -0.3 is 19.3 Å². The van der Waals surface area contributed by atoms with Gasteiger partial charge in [0.15, 0.2) is 0 Å². The average molecular weight is 266 g/mol. The van der Waals surface area contributed by atoms with E-state index >= 15 is 0 Å². The molecule has 0 aliphatic carbocycles. The van der Waals surface area contributed by atoms with Gasteiger partial charge in [-0.1, -0.05) is 12.1 Å². The van der Waals surface area contributed by atoms with Crippen molar-refractivity contribution in [3.63, 3.8) is 0 Å². The van der Waals surface area contributed by atoms with Crippen LogP contribution in [0.2, 0.25) is 0 Å². The maximum Gasteiger partial charge on any atom is 0.338 e. The molecule has 1 heterocycles. The molecule has 1 saturated heterocycles. The summed E-state index contributed by atoms with van der Waals surface area (Å²) in [5, 5.41) is 8.54. The van der Waals surface area contributed by atoms with Gasteiger partial charge in [-0.25, -0.2) is 4.79 Å². The molecule has 102 valence electrons. The molecule has 0 aromatic heterocycles. The van der Waals surface area contributed by atoms with E-state index in [1.165, 1.54) is 0 Å². The van der Waals surface area contributed by atoms with Gasteiger partial charge in [0.2, 0.25) is 6.29 Å². The van der Waals surface area contributed by atoms with Crippen molar-refractivity contribution in [2.75, 3.05) is 19.8 Å². The van der Waals surface area contributed by atoms with Gasteiger partial charge >= 0.3 is 11.9 Å². The number of hydrogen-bond donors (Lipinski definition) is 1. The summed E-state index contributed by atoms with van der Waals surface area (Å²) in [7, 11) is 0. The predicted molar refractivity (Wildman–Crippen MR) is 63.3 cm³/mol. The molecule has 0 amide bonds. The van der Waals surface area contributed by atoms with Crippen LogP contribution in [0.1, 0.15) is 15.9 Å². The van der Waals surface area contributed by atoms with Gasteiger partial charge in [-0.05, 0) is 17.7 Å².